The fourth-order valence-corrected chi connectivity index (χ4v) is 1.70. The molecule has 0 atom stereocenters. The van der Waals surface area contributed by atoms with Crippen molar-refractivity contribution in [2.75, 3.05) is 25.6 Å². The van der Waals surface area contributed by atoms with Crippen molar-refractivity contribution in [3.8, 4) is 11.6 Å². The molecule has 0 aliphatic carbocycles. The summed E-state index contributed by atoms with van der Waals surface area (Å²) in [5.41, 5.74) is 2.17. The zero-order chi connectivity index (χ0) is 13.5. The Hall–Kier alpha value is -2.23. The van der Waals surface area contributed by atoms with Gasteiger partial charge in [-0.25, -0.2) is 4.98 Å². The van der Waals surface area contributed by atoms with Crippen LogP contribution in [0.15, 0.2) is 42.6 Å². The predicted molar refractivity (Wildman–Crippen MR) is 76.0 cm³/mol. The molecule has 0 radical (unpaired) electrons. The Kier molecular flexibility index (Phi) is 4.61. The summed E-state index contributed by atoms with van der Waals surface area (Å²) in [4.78, 5) is 4.05. The van der Waals surface area contributed by atoms with Crippen LogP contribution in [0.1, 0.15) is 5.56 Å². The first-order valence-electron chi connectivity index (χ1n) is 6.21. The standard InChI is InChI=1S/C15H18N2O2/c1-12-4-3-5-14(10-12)19-9-8-16-13-6-7-17-15(11-13)18-2/h3-7,10-11H,8-9H2,1-2H3,(H,16,17). The smallest absolute Gasteiger partial charge is 0.214 e. The lowest BCUT2D eigenvalue weighted by molar-refractivity contribution is 0.332. The van der Waals surface area contributed by atoms with Gasteiger partial charge in [-0.2, -0.15) is 0 Å². The second kappa shape index (κ2) is 6.64. The van der Waals surface area contributed by atoms with E-state index in [1.54, 1.807) is 13.3 Å². The van der Waals surface area contributed by atoms with Crippen LogP contribution in [0.25, 0.3) is 0 Å². The number of nitrogens with one attached hydrogen (secondary N) is 1. The molecular weight excluding hydrogens is 240 g/mol. The molecule has 1 aromatic heterocycles. The van der Waals surface area contributed by atoms with E-state index in [4.69, 9.17) is 9.47 Å². The number of hydrogen-bond acceptors (Lipinski definition) is 4. The Morgan fingerprint density at radius 2 is 2.11 bits per heavy atom. The van der Waals surface area contributed by atoms with Gasteiger partial charge in [0.1, 0.15) is 12.4 Å². The van der Waals surface area contributed by atoms with Gasteiger partial charge in [0, 0.05) is 24.5 Å². The lowest BCUT2D eigenvalue weighted by atomic mass is 10.2. The zero-order valence-corrected chi connectivity index (χ0v) is 11.2. The van der Waals surface area contributed by atoms with Gasteiger partial charge >= 0.3 is 0 Å². The number of benzene rings is 1. The van der Waals surface area contributed by atoms with Gasteiger partial charge < -0.3 is 14.8 Å². The molecule has 0 amide bonds. The van der Waals surface area contributed by atoms with Crippen molar-refractivity contribution in [2.45, 2.75) is 6.92 Å². The summed E-state index contributed by atoms with van der Waals surface area (Å²) in [6, 6.07) is 11.8. The first-order valence-corrected chi connectivity index (χ1v) is 6.21. The normalized spacial score (nSPS) is 10.0. The average Bonchev–Trinajstić information content (AvgIpc) is 2.44. The number of aryl methyl sites for hydroxylation is 1. The highest BCUT2D eigenvalue weighted by atomic mass is 16.5. The minimum Gasteiger partial charge on any atom is -0.492 e. The van der Waals surface area contributed by atoms with Crippen LogP contribution in [0.4, 0.5) is 5.69 Å². The molecule has 19 heavy (non-hydrogen) atoms. The Morgan fingerprint density at radius 3 is 2.89 bits per heavy atom. The number of rotatable bonds is 6. The van der Waals surface area contributed by atoms with Crippen molar-refractivity contribution in [3.63, 3.8) is 0 Å². The molecule has 2 rings (SSSR count). The number of hydrogen-bond donors (Lipinski definition) is 1. The fraction of sp³-hybridized carbons (Fsp3) is 0.267. The zero-order valence-electron chi connectivity index (χ0n) is 11.2. The monoisotopic (exact) mass is 258 g/mol. The van der Waals surface area contributed by atoms with Crippen LogP contribution in [0.3, 0.4) is 0 Å². The highest BCUT2D eigenvalue weighted by Crippen LogP contribution is 2.14. The molecule has 1 N–H and O–H groups in total. The van der Waals surface area contributed by atoms with E-state index in [9.17, 15) is 0 Å². The van der Waals surface area contributed by atoms with Crippen LogP contribution in [0.5, 0.6) is 11.6 Å². The van der Waals surface area contributed by atoms with Crippen molar-refractivity contribution >= 4 is 5.69 Å². The summed E-state index contributed by atoms with van der Waals surface area (Å²) < 4.78 is 10.7. The number of ether oxygens (including phenoxy) is 2. The van der Waals surface area contributed by atoms with Crippen LogP contribution in [-0.2, 0) is 0 Å². The Bertz CT molecular complexity index is 529. The van der Waals surface area contributed by atoms with E-state index < -0.39 is 0 Å². The highest BCUT2D eigenvalue weighted by Gasteiger charge is 1.97. The van der Waals surface area contributed by atoms with Crippen molar-refractivity contribution < 1.29 is 9.47 Å². The van der Waals surface area contributed by atoms with E-state index >= 15 is 0 Å². The third-order valence-electron chi connectivity index (χ3n) is 2.63. The molecule has 0 unspecified atom stereocenters. The molecule has 0 spiro atoms. The van der Waals surface area contributed by atoms with Crippen LogP contribution >= 0.6 is 0 Å². The third-order valence-corrected chi connectivity index (χ3v) is 2.63. The SMILES string of the molecule is COc1cc(NCCOc2cccc(C)c2)ccn1. The minimum atomic E-state index is 0.601. The third kappa shape index (κ3) is 4.17. The minimum absolute atomic E-state index is 0.601. The number of anilines is 1. The maximum atomic E-state index is 5.66. The van der Waals surface area contributed by atoms with Crippen LogP contribution in [-0.4, -0.2) is 25.2 Å². The number of nitrogens with zero attached hydrogens (tertiary/aromatic N) is 1. The van der Waals surface area contributed by atoms with E-state index in [2.05, 4.69) is 10.3 Å². The van der Waals surface area contributed by atoms with Gasteiger partial charge in [-0.15, -0.1) is 0 Å². The second-order valence-corrected chi connectivity index (χ2v) is 4.18. The summed E-state index contributed by atoms with van der Waals surface area (Å²) in [5, 5.41) is 3.26. The average molecular weight is 258 g/mol. The maximum Gasteiger partial charge on any atom is 0.214 e. The van der Waals surface area contributed by atoms with Crippen molar-refractivity contribution in [3.05, 3.63) is 48.2 Å². The van der Waals surface area contributed by atoms with Gasteiger partial charge in [-0.05, 0) is 30.7 Å². The van der Waals surface area contributed by atoms with Gasteiger partial charge in [-0.1, -0.05) is 12.1 Å². The van der Waals surface area contributed by atoms with Crippen LogP contribution < -0.4 is 14.8 Å². The molecular formula is C15H18N2O2. The Balaban J connectivity index is 1.77. The lowest BCUT2D eigenvalue weighted by Crippen LogP contribution is -2.11. The lowest BCUT2D eigenvalue weighted by Gasteiger charge is -2.09. The van der Waals surface area contributed by atoms with Gasteiger partial charge in [0.25, 0.3) is 0 Å². The molecule has 0 aliphatic rings. The predicted octanol–water partition coefficient (Wildman–Crippen LogP) is 2.89. The van der Waals surface area contributed by atoms with E-state index in [0.29, 0.717) is 12.5 Å². The quantitative estimate of drug-likeness (QED) is 0.809. The van der Waals surface area contributed by atoms with Gasteiger partial charge in [0.05, 0.1) is 7.11 Å². The summed E-state index contributed by atoms with van der Waals surface area (Å²) in [6.45, 7) is 3.38. The first kappa shape index (κ1) is 13.2. The molecule has 0 saturated carbocycles. The van der Waals surface area contributed by atoms with Crippen molar-refractivity contribution in [1.29, 1.82) is 0 Å². The molecule has 0 bridgehead atoms. The van der Waals surface area contributed by atoms with Crippen LogP contribution in [0, 0.1) is 6.92 Å². The second-order valence-electron chi connectivity index (χ2n) is 4.18. The number of aromatic nitrogens is 1. The van der Waals surface area contributed by atoms with Crippen LogP contribution in [0.2, 0.25) is 0 Å². The Labute approximate surface area is 113 Å². The molecule has 1 heterocycles. The Morgan fingerprint density at radius 1 is 1.21 bits per heavy atom. The molecule has 4 nitrogen and oxygen atoms in total. The van der Waals surface area contributed by atoms with E-state index in [1.165, 1.54) is 5.56 Å². The largest absolute Gasteiger partial charge is 0.492 e. The molecule has 4 heteroatoms. The molecule has 0 aliphatic heterocycles. The number of methoxy groups -OCH3 is 1. The summed E-state index contributed by atoms with van der Waals surface area (Å²) in [5.74, 6) is 1.50. The van der Waals surface area contributed by atoms with Gasteiger partial charge in [0.15, 0.2) is 0 Å². The highest BCUT2D eigenvalue weighted by molar-refractivity contribution is 5.44. The molecule has 2 aromatic rings. The van der Waals surface area contributed by atoms with E-state index in [-0.39, 0.29) is 0 Å². The topological polar surface area (TPSA) is 43.4 Å². The summed E-state index contributed by atoms with van der Waals surface area (Å²) >= 11 is 0. The molecule has 1 aromatic carbocycles. The van der Waals surface area contributed by atoms with E-state index in [1.807, 2.05) is 43.3 Å². The summed E-state index contributed by atoms with van der Waals surface area (Å²) in [7, 11) is 1.60. The van der Waals surface area contributed by atoms with E-state index in [0.717, 1.165) is 18.0 Å². The van der Waals surface area contributed by atoms with Gasteiger partial charge in [0.2, 0.25) is 5.88 Å². The fourth-order valence-electron chi connectivity index (χ4n) is 1.70. The molecule has 0 saturated heterocycles. The van der Waals surface area contributed by atoms with Gasteiger partial charge in [-0.3, -0.25) is 0 Å². The molecule has 0 fully saturated rings. The summed E-state index contributed by atoms with van der Waals surface area (Å²) in [6.07, 6.45) is 1.71. The van der Waals surface area contributed by atoms with Crippen molar-refractivity contribution in [2.24, 2.45) is 0 Å². The molecule has 100 valence electrons. The first-order chi connectivity index (χ1) is 9.28. The number of pyridine rings is 1. The van der Waals surface area contributed by atoms with Crippen molar-refractivity contribution in [1.82, 2.24) is 4.98 Å². The maximum absolute atomic E-state index is 5.66.